The molecule has 0 aromatic heterocycles. The first-order valence-corrected chi connectivity index (χ1v) is 7.48. The Kier molecular flexibility index (Phi) is 4.71. The van der Waals surface area contributed by atoms with E-state index in [2.05, 4.69) is 22.6 Å². The predicted octanol–water partition coefficient (Wildman–Crippen LogP) is 3.65. The molecule has 3 nitrogen and oxygen atoms in total. The summed E-state index contributed by atoms with van der Waals surface area (Å²) in [6, 6.07) is 13.5. The minimum Gasteiger partial charge on any atom is -0.481 e. The highest BCUT2D eigenvalue weighted by molar-refractivity contribution is 14.1. The third-order valence-corrected chi connectivity index (χ3v) is 4.42. The third kappa shape index (κ3) is 4.14. The first-order valence-electron chi connectivity index (χ1n) is 5.58. The van der Waals surface area contributed by atoms with Crippen LogP contribution in [0.1, 0.15) is 5.56 Å². The zero-order valence-corrected chi connectivity index (χ0v) is 12.9. The number of hydrogen-bond acceptors (Lipinski definition) is 3. The van der Waals surface area contributed by atoms with E-state index in [1.165, 1.54) is 0 Å². The van der Waals surface area contributed by atoms with E-state index < -0.39 is 5.97 Å². The normalized spacial score (nSPS) is 10.4. The molecule has 0 unspecified atom stereocenters. The number of carbonyl (C=O) groups is 1. The number of benzene rings is 2. The predicted molar refractivity (Wildman–Crippen MR) is 85.5 cm³/mol. The summed E-state index contributed by atoms with van der Waals surface area (Å²) < 4.78 is 1.03. The second-order valence-electron chi connectivity index (χ2n) is 4.00. The Morgan fingerprint density at radius 2 is 1.79 bits per heavy atom. The quantitative estimate of drug-likeness (QED) is 0.623. The standard InChI is InChI=1S/C14H12INO2S/c15-12-8-11(5-6-13(12)16)19-10-3-1-9(2-4-10)7-14(17)18/h1-6,8H,7,16H2,(H,17,18). The summed E-state index contributed by atoms with van der Waals surface area (Å²) in [5.74, 6) is -0.812. The topological polar surface area (TPSA) is 63.3 Å². The van der Waals surface area contributed by atoms with Crippen LogP contribution in [0.2, 0.25) is 0 Å². The van der Waals surface area contributed by atoms with Crippen LogP contribution in [0, 0.1) is 3.57 Å². The lowest BCUT2D eigenvalue weighted by molar-refractivity contribution is -0.136. The summed E-state index contributed by atoms with van der Waals surface area (Å²) in [5.41, 5.74) is 7.36. The average Bonchev–Trinajstić information content (AvgIpc) is 2.36. The van der Waals surface area contributed by atoms with E-state index in [9.17, 15) is 4.79 Å². The van der Waals surface area contributed by atoms with Gasteiger partial charge in [-0.05, 0) is 58.5 Å². The second-order valence-corrected chi connectivity index (χ2v) is 6.31. The van der Waals surface area contributed by atoms with E-state index in [-0.39, 0.29) is 6.42 Å². The molecule has 0 spiro atoms. The maximum absolute atomic E-state index is 10.6. The molecule has 0 saturated carbocycles. The number of carboxylic acid groups (broad SMARTS) is 1. The maximum atomic E-state index is 10.6. The van der Waals surface area contributed by atoms with Gasteiger partial charge in [0.1, 0.15) is 0 Å². The van der Waals surface area contributed by atoms with Crippen molar-refractivity contribution in [2.75, 3.05) is 5.73 Å². The van der Waals surface area contributed by atoms with Gasteiger partial charge in [0.05, 0.1) is 6.42 Å². The molecule has 0 heterocycles. The van der Waals surface area contributed by atoms with Gasteiger partial charge in [-0.3, -0.25) is 4.79 Å². The molecule has 5 heteroatoms. The van der Waals surface area contributed by atoms with Crippen molar-refractivity contribution in [2.45, 2.75) is 16.2 Å². The second kappa shape index (κ2) is 6.29. The molecule has 0 bridgehead atoms. The lowest BCUT2D eigenvalue weighted by atomic mass is 10.2. The van der Waals surface area contributed by atoms with Gasteiger partial charge in [0.15, 0.2) is 0 Å². The minimum absolute atomic E-state index is 0.0602. The molecule has 0 radical (unpaired) electrons. The van der Waals surface area contributed by atoms with Crippen molar-refractivity contribution >= 4 is 46.0 Å². The molecule has 2 aromatic carbocycles. The van der Waals surface area contributed by atoms with E-state index in [0.29, 0.717) is 0 Å². The summed E-state index contributed by atoms with van der Waals surface area (Å²) in [4.78, 5) is 12.8. The van der Waals surface area contributed by atoms with Crippen LogP contribution in [-0.4, -0.2) is 11.1 Å². The van der Waals surface area contributed by atoms with Crippen LogP contribution < -0.4 is 5.73 Å². The number of hydrogen-bond donors (Lipinski definition) is 2. The smallest absolute Gasteiger partial charge is 0.307 e. The number of halogens is 1. The molecule has 0 aliphatic carbocycles. The lowest BCUT2D eigenvalue weighted by Crippen LogP contribution is -1.99. The van der Waals surface area contributed by atoms with Gasteiger partial charge >= 0.3 is 5.97 Å². The van der Waals surface area contributed by atoms with Gasteiger partial charge < -0.3 is 10.8 Å². The Morgan fingerprint density at radius 1 is 1.16 bits per heavy atom. The SMILES string of the molecule is Nc1ccc(Sc2ccc(CC(=O)O)cc2)cc1I. The number of anilines is 1. The molecular formula is C14H12INO2S. The van der Waals surface area contributed by atoms with Crippen molar-refractivity contribution in [1.29, 1.82) is 0 Å². The summed E-state index contributed by atoms with van der Waals surface area (Å²) in [5, 5.41) is 8.71. The fourth-order valence-corrected chi connectivity index (χ4v) is 3.14. The molecule has 0 aliphatic rings. The zero-order valence-electron chi connectivity index (χ0n) is 9.97. The van der Waals surface area contributed by atoms with Gasteiger partial charge in [-0.2, -0.15) is 0 Å². The number of nitrogen functional groups attached to an aromatic ring is 1. The van der Waals surface area contributed by atoms with E-state index in [1.54, 1.807) is 11.8 Å². The first-order chi connectivity index (χ1) is 9.04. The van der Waals surface area contributed by atoms with Crippen LogP contribution in [-0.2, 0) is 11.2 Å². The molecule has 0 saturated heterocycles. The van der Waals surface area contributed by atoms with Crippen molar-refractivity contribution in [3.63, 3.8) is 0 Å². The highest BCUT2D eigenvalue weighted by Gasteiger charge is 2.03. The van der Waals surface area contributed by atoms with Crippen LogP contribution in [0.25, 0.3) is 0 Å². The van der Waals surface area contributed by atoms with E-state index >= 15 is 0 Å². The number of carboxylic acids is 1. The van der Waals surface area contributed by atoms with Crippen LogP contribution in [0.3, 0.4) is 0 Å². The zero-order chi connectivity index (χ0) is 13.8. The van der Waals surface area contributed by atoms with Crippen LogP contribution in [0.4, 0.5) is 5.69 Å². The lowest BCUT2D eigenvalue weighted by Gasteiger charge is -2.05. The fraction of sp³-hybridized carbons (Fsp3) is 0.0714. The molecule has 0 amide bonds. The highest BCUT2D eigenvalue weighted by atomic mass is 127. The van der Waals surface area contributed by atoms with Crippen LogP contribution in [0.15, 0.2) is 52.3 Å². The molecule has 98 valence electrons. The average molecular weight is 385 g/mol. The molecule has 0 fully saturated rings. The molecular weight excluding hydrogens is 373 g/mol. The summed E-state index contributed by atoms with van der Waals surface area (Å²) in [6.45, 7) is 0. The Morgan fingerprint density at radius 3 is 2.37 bits per heavy atom. The molecule has 19 heavy (non-hydrogen) atoms. The minimum atomic E-state index is -0.812. The Labute approximate surface area is 129 Å². The first kappa shape index (κ1) is 14.2. The summed E-state index contributed by atoms with van der Waals surface area (Å²) in [7, 11) is 0. The van der Waals surface area contributed by atoms with Gasteiger partial charge in [-0.15, -0.1) is 0 Å². The van der Waals surface area contributed by atoms with E-state index in [0.717, 1.165) is 24.6 Å². The summed E-state index contributed by atoms with van der Waals surface area (Å²) in [6.07, 6.45) is 0.0602. The van der Waals surface area contributed by atoms with Crippen molar-refractivity contribution in [2.24, 2.45) is 0 Å². The van der Waals surface area contributed by atoms with Crippen LogP contribution >= 0.6 is 34.4 Å². The number of nitrogens with two attached hydrogens (primary N) is 1. The Hall–Kier alpha value is -1.21. The van der Waals surface area contributed by atoms with Gasteiger partial charge in [0.25, 0.3) is 0 Å². The van der Waals surface area contributed by atoms with Crippen LogP contribution in [0.5, 0.6) is 0 Å². The third-order valence-electron chi connectivity index (χ3n) is 2.49. The van der Waals surface area contributed by atoms with Crippen molar-refractivity contribution in [3.8, 4) is 0 Å². The van der Waals surface area contributed by atoms with Crippen molar-refractivity contribution in [1.82, 2.24) is 0 Å². The Balaban J connectivity index is 2.10. The van der Waals surface area contributed by atoms with Gasteiger partial charge in [-0.25, -0.2) is 0 Å². The van der Waals surface area contributed by atoms with Gasteiger partial charge in [-0.1, -0.05) is 23.9 Å². The fourth-order valence-electron chi connectivity index (χ4n) is 1.56. The van der Waals surface area contributed by atoms with Crippen molar-refractivity contribution < 1.29 is 9.90 Å². The largest absolute Gasteiger partial charge is 0.481 e. The molecule has 3 N–H and O–H groups in total. The van der Waals surface area contributed by atoms with Gasteiger partial charge in [0, 0.05) is 19.0 Å². The van der Waals surface area contributed by atoms with Crippen molar-refractivity contribution in [3.05, 3.63) is 51.6 Å². The monoisotopic (exact) mass is 385 g/mol. The van der Waals surface area contributed by atoms with E-state index in [4.69, 9.17) is 10.8 Å². The molecule has 2 rings (SSSR count). The summed E-state index contributed by atoms with van der Waals surface area (Å²) >= 11 is 3.84. The van der Waals surface area contributed by atoms with E-state index in [1.807, 2.05) is 42.5 Å². The molecule has 2 aromatic rings. The van der Waals surface area contributed by atoms with Gasteiger partial charge in [0.2, 0.25) is 0 Å². The molecule has 0 atom stereocenters. The number of rotatable bonds is 4. The Bertz CT molecular complexity index is 599. The number of aliphatic carboxylic acids is 1. The highest BCUT2D eigenvalue weighted by Crippen LogP contribution is 2.30. The molecule has 0 aliphatic heterocycles. The maximum Gasteiger partial charge on any atom is 0.307 e.